The topological polar surface area (TPSA) is 47.0 Å². The molecular formula is C8H20O3Si. The van der Waals surface area contributed by atoms with Gasteiger partial charge in [-0.1, -0.05) is 13.3 Å². The zero-order valence-corrected chi connectivity index (χ0v) is 9.55. The zero-order chi connectivity index (χ0) is 8.74. The van der Waals surface area contributed by atoms with Crippen LogP contribution in [0.4, 0.5) is 0 Å². The van der Waals surface area contributed by atoms with Gasteiger partial charge in [-0.05, 0) is 26.4 Å². The van der Waals surface area contributed by atoms with E-state index in [2.05, 4.69) is 13.5 Å². The van der Waals surface area contributed by atoms with Crippen molar-refractivity contribution >= 4 is 8.56 Å². The standard InChI is InChI=1S/C8H20O2Si.O/c1-5-8-11(4,9-6-2)10-7-3;/h5-8H2,1-4H3;. The van der Waals surface area contributed by atoms with Gasteiger partial charge < -0.3 is 8.85 Å². The second-order valence-electron chi connectivity index (χ2n) is 2.75. The molecule has 0 aliphatic rings. The van der Waals surface area contributed by atoms with E-state index >= 15 is 0 Å². The number of rotatable bonds is 6. The highest BCUT2D eigenvalue weighted by Gasteiger charge is 2.28. The minimum absolute atomic E-state index is 0. The molecule has 0 aromatic heterocycles. The van der Waals surface area contributed by atoms with Crippen LogP contribution in [0.5, 0.6) is 0 Å². The molecular weight excluding hydrogens is 172 g/mol. The lowest BCUT2D eigenvalue weighted by atomic mass is 10.6. The summed E-state index contributed by atoms with van der Waals surface area (Å²) in [6.07, 6.45) is 1.16. The Morgan fingerprint density at radius 3 is 1.67 bits per heavy atom. The molecule has 0 saturated carbocycles. The third-order valence-corrected chi connectivity index (χ3v) is 4.81. The van der Waals surface area contributed by atoms with Crippen molar-refractivity contribution in [3.63, 3.8) is 0 Å². The van der Waals surface area contributed by atoms with Crippen LogP contribution in [0.2, 0.25) is 12.6 Å². The molecule has 0 unspecified atom stereocenters. The maximum absolute atomic E-state index is 5.63. The molecule has 12 heavy (non-hydrogen) atoms. The van der Waals surface area contributed by atoms with Crippen molar-refractivity contribution in [2.75, 3.05) is 13.2 Å². The lowest BCUT2D eigenvalue weighted by molar-refractivity contribution is 0.189. The first-order valence-corrected chi connectivity index (χ1v) is 6.98. The fraction of sp³-hybridized carbons (Fsp3) is 1.00. The summed E-state index contributed by atoms with van der Waals surface area (Å²) in [4.78, 5) is 0. The summed E-state index contributed by atoms with van der Waals surface area (Å²) in [7, 11) is -1.75. The van der Waals surface area contributed by atoms with Crippen LogP contribution in [0.15, 0.2) is 0 Å². The van der Waals surface area contributed by atoms with Gasteiger partial charge in [-0.3, -0.25) is 0 Å². The molecule has 0 spiro atoms. The predicted octanol–water partition coefficient (Wildman–Crippen LogP) is 2.42. The molecule has 3 nitrogen and oxygen atoms in total. The minimum atomic E-state index is -1.75. The van der Waals surface area contributed by atoms with Gasteiger partial charge >= 0.3 is 8.56 Å². The quantitative estimate of drug-likeness (QED) is 0.607. The maximum Gasteiger partial charge on any atom is 0.334 e. The molecule has 0 bridgehead atoms. The van der Waals surface area contributed by atoms with Gasteiger partial charge in [0.05, 0.1) is 0 Å². The Hall–Kier alpha value is 0.0969. The second-order valence-corrected chi connectivity index (χ2v) is 6.09. The fourth-order valence-electron chi connectivity index (χ4n) is 1.25. The molecule has 0 atom stereocenters. The number of hydrogen-bond acceptors (Lipinski definition) is 2. The van der Waals surface area contributed by atoms with Crippen LogP contribution in [-0.4, -0.2) is 21.8 Å². The van der Waals surface area contributed by atoms with Gasteiger partial charge in [-0.25, -0.2) is 0 Å². The van der Waals surface area contributed by atoms with Crippen molar-refractivity contribution in [1.29, 1.82) is 0 Å². The van der Waals surface area contributed by atoms with Crippen molar-refractivity contribution < 1.29 is 14.3 Å². The normalized spacial score (nSPS) is 11.0. The van der Waals surface area contributed by atoms with Gasteiger partial charge in [-0.2, -0.15) is 0 Å². The first-order chi connectivity index (χ1) is 5.18. The molecule has 0 aliphatic heterocycles. The average molecular weight is 192 g/mol. The van der Waals surface area contributed by atoms with Crippen LogP contribution >= 0.6 is 0 Å². The highest BCUT2D eigenvalue weighted by atomic mass is 28.4. The van der Waals surface area contributed by atoms with E-state index in [1.54, 1.807) is 0 Å². The third kappa shape index (κ3) is 5.71. The summed E-state index contributed by atoms with van der Waals surface area (Å²) >= 11 is 0. The molecule has 0 aromatic rings. The highest BCUT2D eigenvalue weighted by molar-refractivity contribution is 6.66. The van der Waals surface area contributed by atoms with Crippen LogP contribution < -0.4 is 0 Å². The van der Waals surface area contributed by atoms with E-state index < -0.39 is 8.56 Å². The van der Waals surface area contributed by atoms with Crippen LogP contribution in [0.1, 0.15) is 27.2 Å². The van der Waals surface area contributed by atoms with E-state index in [1.165, 1.54) is 0 Å². The van der Waals surface area contributed by atoms with E-state index in [-0.39, 0.29) is 5.48 Å². The summed E-state index contributed by atoms with van der Waals surface area (Å²) in [6, 6.07) is 1.11. The van der Waals surface area contributed by atoms with E-state index in [4.69, 9.17) is 8.85 Å². The molecule has 0 aromatic carbocycles. The zero-order valence-electron chi connectivity index (χ0n) is 8.55. The Balaban J connectivity index is 0. The Bertz CT molecular complexity index is 81.3. The largest absolute Gasteiger partial charge is 0.395 e. The summed E-state index contributed by atoms with van der Waals surface area (Å²) in [5.74, 6) is 0. The van der Waals surface area contributed by atoms with Gasteiger partial charge in [0.25, 0.3) is 0 Å². The van der Waals surface area contributed by atoms with Crippen LogP contribution in [-0.2, 0) is 14.3 Å². The molecule has 0 amide bonds. The molecule has 0 aliphatic carbocycles. The van der Waals surface area contributed by atoms with E-state index in [0.29, 0.717) is 0 Å². The summed E-state index contributed by atoms with van der Waals surface area (Å²) in [5.41, 5.74) is 0. The highest BCUT2D eigenvalue weighted by Crippen LogP contribution is 2.14. The minimum Gasteiger partial charge on any atom is -0.395 e. The van der Waals surface area contributed by atoms with Crippen molar-refractivity contribution in [3.8, 4) is 0 Å². The van der Waals surface area contributed by atoms with Crippen molar-refractivity contribution in [2.45, 2.75) is 39.8 Å². The second kappa shape index (κ2) is 7.73. The van der Waals surface area contributed by atoms with E-state index in [1.807, 2.05) is 13.8 Å². The summed E-state index contributed by atoms with van der Waals surface area (Å²) in [6.45, 7) is 9.93. The molecule has 0 heterocycles. The van der Waals surface area contributed by atoms with Crippen molar-refractivity contribution in [1.82, 2.24) is 0 Å². The van der Waals surface area contributed by atoms with Crippen LogP contribution in [0, 0.1) is 0 Å². The molecule has 2 radical (unpaired) electrons. The van der Waals surface area contributed by atoms with Crippen molar-refractivity contribution in [2.24, 2.45) is 0 Å². The lowest BCUT2D eigenvalue weighted by Gasteiger charge is -2.25. The van der Waals surface area contributed by atoms with Crippen LogP contribution in [0.3, 0.4) is 0 Å². The Kier molecular flexibility index (Phi) is 9.41. The van der Waals surface area contributed by atoms with Gasteiger partial charge in [-0.15, -0.1) is 0 Å². The molecule has 4 heteroatoms. The first-order valence-electron chi connectivity index (χ1n) is 4.46. The fourth-order valence-corrected chi connectivity index (χ4v) is 3.75. The van der Waals surface area contributed by atoms with E-state index in [0.717, 1.165) is 25.7 Å². The maximum atomic E-state index is 5.63. The van der Waals surface area contributed by atoms with E-state index in [9.17, 15) is 0 Å². The van der Waals surface area contributed by atoms with Gasteiger partial charge in [0.15, 0.2) is 0 Å². The monoisotopic (exact) mass is 192 g/mol. The Labute approximate surface area is 76.6 Å². The average Bonchev–Trinajstić information content (AvgIpc) is 1.88. The summed E-state index contributed by atoms with van der Waals surface area (Å²) < 4.78 is 11.3. The Morgan fingerprint density at radius 1 is 1.00 bits per heavy atom. The van der Waals surface area contributed by atoms with Gasteiger partial charge in [0.1, 0.15) is 0 Å². The number of hydrogen-bond donors (Lipinski definition) is 0. The third-order valence-electron chi connectivity index (χ3n) is 1.60. The lowest BCUT2D eigenvalue weighted by Crippen LogP contribution is -2.38. The molecule has 0 fully saturated rings. The van der Waals surface area contributed by atoms with Crippen LogP contribution in [0.25, 0.3) is 0 Å². The van der Waals surface area contributed by atoms with Gasteiger partial charge in [0.2, 0.25) is 0 Å². The molecule has 0 saturated heterocycles. The first kappa shape index (κ1) is 14.6. The van der Waals surface area contributed by atoms with Gasteiger partial charge in [0, 0.05) is 18.7 Å². The molecule has 74 valence electrons. The SMILES string of the molecule is CCC[Si](C)(OCC)OCC.[O]. The molecule has 0 N–H and O–H groups in total. The summed E-state index contributed by atoms with van der Waals surface area (Å²) in [5, 5.41) is 0. The Morgan fingerprint density at radius 2 is 1.42 bits per heavy atom. The molecule has 0 rings (SSSR count). The van der Waals surface area contributed by atoms with Crippen molar-refractivity contribution in [3.05, 3.63) is 0 Å². The predicted molar refractivity (Wildman–Crippen MR) is 50.7 cm³/mol. The smallest absolute Gasteiger partial charge is 0.334 e.